The summed E-state index contributed by atoms with van der Waals surface area (Å²) in [6, 6.07) is 0. The molecule has 2 heteroatoms. The maximum absolute atomic E-state index is 12.2. The summed E-state index contributed by atoms with van der Waals surface area (Å²) in [5.74, 6) is 3.97. The molecular weight excluding hydrogens is 284 g/mol. The summed E-state index contributed by atoms with van der Waals surface area (Å²) in [4.78, 5) is 12.2. The van der Waals surface area contributed by atoms with Gasteiger partial charge < -0.3 is 5.11 Å². The highest BCUT2D eigenvalue weighted by Crippen LogP contribution is 2.67. The van der Waals surface area contributed by atoms with E-state index in [2.05, 4.69) is 13.8 Å². The molecule has 1 N–H and O–H groups in total. The van der Waals surface area contributed by atoms with Gasteiger partial charge in [0.25, 0.3) is 0 Å². The number of hydrogen-bond acceptors (Lipinski definition) is 2. The van der Waals surface area contributed by atoms with Crippen molar-refractivity contribution in [1.82, 2.24) is 0 Å². The molecule has 0 aromatic heterocycles. The van der Waals surface area contributed by atoms with E-state index in [0.717, 1.165) is 42.9 Å². The molecule has 0 heterocycles. The van der Waals surface area contributed by atoms with Gasteiger partial charge >= 0.3 is 0 Å². The lowest BCUT2D eigenvalue weighted by Crippen LogP contribution is -2.54. The molecule has 0 bridgehead atoms. The molecule has 4 rings (SSSR count). The van der Waals surface area contributed by atoms with Gasteiger partial charge in [-0.3, -0.25) is 4.79 Å². The zero-order chi connectivity index (χ0) is 16.4. The van der Waals surface area contributed by atoms with E-state index in [1.165, 1.54) is 38.5 Å². The zero-order valence-electron chi connectivity index (χ0n) is 15.2. The SMILES string of the molecule is CC(=O)[C@H]1CC[C@H]2[C@@H]3CCC4C[C@H](O)CC[C@]4(C)[C@H]3CC[C@]12C. The molecule has 4 aliphatic carbocycles. The first kappa shape index (κ1) is 16.1. The molecule has 1 unspecified atom stereocenters. The van der Waals surface area contributed by atoms with Gasteiger partial charge in [0.2, 0.25) is 0 Å². The Hall–Kier alpha value is -0.370. The number of carbonyl (C=O) groups is 1. The van der Waals surface area contributed by atoms with E-state index in [0.29, 0.717) is 17.1 Å². The van der Waals surface area contributed by atoms with Gasteiger partial charge in [0, 0.05) is 5.92 Å². The number of Topliss-reactive ketones (excluding diaryl/α,β-unsaturated/α-hetero) is 1. The highest BCUT2D eigenvalue weighted by Gasteiger charge is 2.60. The summed E-state index contributed by atoms with van der Waals surface area (Å²) in [7, 11) is 0. The van der Waals surface area contributed by atoms with Crippen molar-refractivity contribution in [1.29, 1.82) is 0 Å². The van der Waals surface area contributed by atoms with Crippen LogP contribution in [0.15, 0.2) is 0 Å². The molecule has 4 fully saturated rings. The Balaban J connectivity index is 1.61. The van der Waals surface area contributed by atoms with Crippen LogP contribution in [0.3, 0.4) is 0 Å². The molecule has 4 saturated carbocycles. The standard InChI is InChI=1S/C21H34O2/c1-13(22)17-6-7-18-16-5-4-14-12-15(23)8-10-20(14,2)19(16)9-11-21(17,18)3/h14-19,23H,4-12H2,1-3H3/t14?,15-,16+,17-,18+,19+,20+,21-/m1/s1. The Morgan fingerprint density at radius 1 is 0.913 bits per heavy atom. The number of fused-ring (bicyclic) bond motifs is 5. The number of ketones is 1. The van der Waals surface area contributed by atoms with Gasteiger partial charge in [-0.15, -0.1) is 0 Å². The molecule has 8 atom stereocenters. The minimum absolute atomic E-state index is 0.0490. The number of aliphatic hydroxyl groups is 1. The molecule has 0 aromatic rings. The van der Waals surface area contributed by atoms with Crippen molar-refractivity contribution in [2.75, 3.05) is 0 Å². The summed E-state index contributed by atoms with van der Waals surface area (Å²) in [6.45, 7) is 6.80. The summed E-state index contributed by atoms with van der Waals surface area (Å²) < 4.78 is 0. The van der Waals surface area contributed by atoms with Gasteiger partial charge in [0.15, 0.2) is 0 Å². The van der Waals surface area contributed by atoms with Crippen LogP contribution in [0.4, 0.5) is 0 Å². The van der Waals surface area contributed by atoms with Crippen LogP contribution in [-0.4, -0.2) is 17.0 Å². The van der Waals surface area contributed by atoms with E-state index in [-0.39, 0.29) is 11.5 Å². The average Bonchev–Trinajstić information content (AvgIpc) is 2.85. The minimum atomic E-state index is -0.0490. The summed E-state index contributed by atoms with van der Waals surface area (Å²) in [6.07, 6.45) is 10.9. The van der Waals surface area contributed by atoms with Crippen molar-refractivity contribution < 1.29 is 9.90 Å². The Labute approximate surface area is 141 Å². The van der Waals surface area contributed by atoms with E-state index < -0.39 is 0 Å². The monoisotopic (exact) mass is 318 g/mol. The fraction of sp³-hybridized carbons (Fsp3) is 0.952. The minimum Gasteiger partial charge on any atom is -0.393 e. The van der Waals surface area contributed by atoms with E-state index in [1.54, 1.807) is 0 Å². The summed E-state index contributed by atoms with van der Waals surface area (Å²) in [5.41, 5.74) is 0.738. The van der Waals surface area contributed by atoms with E-state index in [9.17, 15) is 9.90 Å². The number of rotatable bonds is 1. The summed E-state index contributed by atoms with van der Waals surface area (Å²) in [5, 5.41) is 10.1. The largest absolute Gasteiger partial charge is 0.393 e. The maximum atomic E-state index is 12.2. The van der Waals surface area contributed by atoms with Crippen LogP contribution >= 0.6 is 0 Å². The third-order valence-electron chi connectivity index (χ3n) is 9.13. The predicted octanol–water partition coefficient (Wildman–Crippen LogP) is 4.60. The Kier molecular flexibility index (Phi) is 3.72. The molecule has 0 amide bonds. The second-order valence-electron chi connectivity index (χ2n) is 9.87. The highest BCUT2D eigenvalue weighted by atomic mass is 16.3. The molecular formula is C21H34O2. The zero-order valence-corrected chi connectivity index (χ0v) is 15.2. The van der Waals surface area contributed by atoms with Crippen molar-refractivity contribution in [3.63, 3.8) is 0 Å². The molecule has 0 radical (unpaired) electrons. The Morgan fingerprint density at radius 2 is 1.61 bits per heavy atom. The number of aliphatic hydroxyl groups excluding tert-OH is 1. The molecule has 0 aliphatic heterocycles. The Morgan fingerprint density at radius 3 is 2.35 bits per heavy atom. The van der Waals surface area contributed by atoms with Crippen LogP contribution in [0, 0.1) is 40.4 Å². The molecule has 4 aliphatic rings. The predicted molar refractivity (Wildman–Crippen MR) is 91.9 cm³/mol. The van der Waals surface area contributed by atoms with Crippen LogP contribution in [0.1, 0.15) is 78.6 Å². The Bertz CT molecular complexity index is 500. The van der Waals surface area contributed by atoms with Crippen molar-refractivity contribution in [2.24, 2.45) is 40.4 Å². The van der Waals surface area contributed by atoms with Crippen LogP contribution in [0.5, 0.6) is 0 Å². The molecule has 130 valence electrons. The first-order valence-electron chi connectivity index (χ1n) is 10.0. The van der Waals surface area contributed by atoms with Crippen LogP contribution in [0.2, 0.25) is 0 Å². The summed E-state index contributed by atoms with van der Waals surface area (Å²) >= 11 is 0. The van der Waals surface area contributed by atoms with Crippen molar-refractivity contribution in [3.8, 4) is 0 Å². The van der Waals surface area contributed by atoms with Crippen LogP contribution < -0.4 is 0 Å². The maximum Gasteiger partial charge on any atom is 0.133 e. The molecule has 0 saturated heterocycles. The topological polar surface area (TPSA) is 37.3 Å². The van der Waals surface area contributed by atoms with E-state index in [4.69, 9.17) is 0 Å². The van der Waals surface area contributed by atoms with Gasteiger partial charge in [-0.1, -0.05) is 13.8 Å². The molecule has 23 heavy (non-hydrogen) atoms. The first-order chi connectivity index (χ1) is 10.9. The van der Waals surface area contributed by atoms with Gasteiger partial charge in [-0.25, -0.2) is 0 Å². The van der Waals surface area contributed by atoms with Crippen molar-refractivity contribution in [3.05, 3.63) is 0 Å². The number of carbonyl (C=O) groups excluding carboxylic acids is 1. The smallest absolute Gasteiger partial charge is 0.133 e. The van der Waals surface area contributed by atoms with Gasteiger partial charge in [-0.2, -0.15) is 0 Å². The third-order valence-corrected chi connectivity index (χ3v) is 9.13. The lowest BCUT2D eigenvalue weighted by Gasteiger charge is -2.60. The van der Waals surface area contributed by atoms with Crippen LogP contribution in [-0.2, 0) is 4.79 Å². The van der Waals surface area contributed by atoms with Crippen molar-refractivity contribution in [2.45, 2.75) is 84.7 Å². The van der Waals surface area contributed by atoms with E-state index in [1.807, 2.05) is 6.92 Å². The normalized spacial score (nSPS) is 55.7. The second-order valence-corrected chi connectivity index (χ2v) is 9.87. The van der Waals surface area contributed by atoms with Crippen molar-refractivity contribution >= 4 is 5.78 Å². The van der Waals surface area contributed by atoms with Gasteiger partial charge in [0.1, 0.15) is 5.78 Å². The highest BCUT2D eigenvalue weighted by molar-refractivity contribution is 5.79. The average molecular weight is 319 g/mol. The quantitative estimate of drug-likeness (QED) is 0.767. The molecule has 0 aromatic carbocycles. The first-order valence-corrected chi connectivity index (χ1v) is 10.0. The lowest BCUT2D eigenvalue weighted by atomic mass is 9.44. The lowest BCUT2D eigenvalue weighted by molar-refractivity contribution is -0.138. The van der Waals surface area contributed by atoms with Gasteiger partial charge in [-0.05, 0) is 99.2 Å². The van der Waals surface area contributed by atoms with E-state index >= 15 is 0 Å². The fourth-order valence-electron chi connectivity index (χ4n) is 7.90. The second kappa shape index (κ2) is 5.31. The molecule has 2 nitrogen and oxygen atoms in total. The van der Waals surface area contributed by atoms with Gasteiger partial charge in [0.05, 0.1) is 6.10 Å². The number of hydrogen-bond donors (Lipinski definition) is 1. The van der Waals surface area contributed by atoms with Crippen LogP contribution in [0.25, 0.3) is 0 Å². The fourth-order valence-corrected chi connectivity index (χ4v) is 7.90. The molecule has 0 spiro atoms. The third kappa shape index (κ3) is 2.19.